The molecule has 2 aliphatic rings. The minimum absolute atomic E-state index is 0.00408. The second-order valence-corrected chi connectivity index (χ2v) is 6.77. The van der Waals surface area contributed by atoms with Gasteiger partial charge < -0.3 is 19.7 Å². The van der Waals surface area contributed by atoms with Crippen LogP contribution in [0.25, 0.3) is 0 Å². The fourth-order valence-corrected chi connectivity index (χ4v) is 3.32. The highest BCUT2D eigenvalue weighted by molar-refractivity contribution is 5.96. The molecule has 0 radical (unpaired) electrons. The maximum Gasteiger partial charge on any atom is 0.253 e. The zero-order valence-electron chi connectivity index (χ0n) is 15.5. The lowest BCUT2D eigenvalue weighted by atomic mass is 10.1. The van der Waals surface area contributed by atoms with Crippen molar-refractivity contribution in [1.82, 2.24) is 20.1 Å². The number of rotatable bonds is 5. The molecule has 0 aliphatic carbocycles. The highest BCUT2D eigenvalue weighted by atomic mass is 16.7. The number of benzene rings is 1. The summed E-state index contributed by atoms with van der Waals surface area (Å²) in [6.45, 7) is 3.94. The average molecular weight is 382 g/mol. The Hall–Kier alpha value is -3.13. The third-order valence-electron chi connectivity index (χ3n) is 4.89. The number of piperazine rings is 1. The lowest BCUT2D eigenvalue weighted by molar-refractivity contribution is -0.131. The van der Waals surface area contributed by atoms with Gasteiger partial charge in [-0.2, -0.15) is 0 Å². The first-order valence-electron chi connectivity index (χ1n) is 9.26. The third-order valence-corrected chi connectivity index (χ3v) is 4.89. The molecule has 8 nitrogen and oxygen atoms in total. The van der Waals surface area contributed by atoms with E-state index in [9.17, 15) is 9.59 Å². The van der Waals surface area contributed by atoms with E-state index in [0.717, 1.165) is 36.7 Å². The average Bonchev–Trinajstić information content (AvgIpc) is 3.21. The Morgan fingerprint density at radius 3 is 2.68 bits per heavy atom. The molecule has 1 N–H and O–H groups in total. The number of aromatic nitrogens is 1. The lowest BCUT2D eigenvalue weighted by Gasteiger charge is -2.34. The van der Waals surface area contributed by atoms with Gasteiger partial charge in [0.1, 0.15) is 0 Å². The molecule has 28 heavy (non-hydrogen) atoms. The van der Waals surface area contributed by atoms with Crippen molar-refractivity contribution in [2.75, 3.05) is 39.5 Å². The van der Waals surface area contributed by atoms with E-state index in [1.165, 1.54) is 6.20 Å². The van der Waals surface area contributed by atoms with Crippen LogP contribution in [0.1, 0.15) is 15.9 Å². The summed E-state index contributed by atoms with van der Waals surface area (Å²) in [5, 5.41) is 2.66. The smallest absolute Gasteiger partial charge is 0.253 e. The minimum atomic E-state index is -0.289. The maximum absolute atomic E-state index is 12.4. The van der Waals surface area contributed by atoms with Crippen LogP contribution in [0.5, 0.6) is 11.5 Å². The van der Waals surface area contributed by atoms with Crippen molar-refractivity contribution < 1.29 is 19.1 Å². The van der Waals surface area contributed by atoms with Gasteiger partial charge in [0, 0.05) is 45.1 Å². The molecule has 146 valence electrons. The minimum Gasteiger partial charge on any atom is -0.454 e. The summed E-state index contributed by atoms with van der Waals surface area (Å²) in [5.41, 5.74) is 1.61. The predicted molar refractivity (Wildman–Crippen MR) is 101 cm³/mol. The molecule has 2 aliphatic heterocycles. The number of hydrogen-bond donors (Lipinski definition) is 1. The van der Waals surface area contributed by atoms with Crippen molar-refractivity contribution in [2.45, 2.75) is 6.54 Å². The molecule has 3 heterocycles. The van der Waals surface area contributed by atoms with Crippen molar-refractivity contribution in [2.24, 2.45) is 0 Å². The van der Waals surface area contributed by atoms with Gasteiger partial charge in [-0.1, -0.05) is 6.07 Å². The Balaban J connectivity index is 1.22. The van der Waals surface area contributed by atoms with Crippen LogP contribution >= 0.6 is 0 Å². The number of nitrogens with one attached hydrogen (secondary N) is 1. The molecule has 1 aromatic carbocycles. The molecule has 2 amide bonds. The van der Waals surface area contributed by atoms with Crippen LogP contribution in [0, 0.1) is 0 Å². The number of carbonyl (C=O) groups excluding carboxylic acids is 2. The van der Waals surface area contributed by atoms with Gasteiger partial charge in [-0.25, -0.2) is 0 Å². The second kappa shape index (κ2) is 8.26. The van der Waals surface area contributed by atoms with Crippen LogP contribution in [0.15, 0.2) is 42.7 Å². The molecule has 0 bridgehead atoms. The van der Waals surface area contributed by atoms with Gasteiger partial charge in [0.15, 0.2) is 11.5 Å². The van der Waals surface area contributed by atoms with Crippen molar-refractivity contribution in [3.8, 4) is 11.5 Å². The molecule has 0 unspecified atom stereocenters. The Morgan fingerprint density at radius 2 is 1.89 bits per heavy atom. The van der Waals surface area contributed by atoms with Gasteiger partial charge in [0.2, 0.25) is 12.7 Å². The number of nitrogens with zero attached hydrogens (tertiary/aromatic N) is 3. The highest BCUT2D eigenvalue weighted by Crippen LogP contribution is 2.32. The first-order valence-corrected chi connectivity index (χ1v) is 9.26. The molecule has 2 aromatic rings. The second-order valence-electron chi connectivity index (χ2n) is 6.77. The van der Waals surface area contributed by atoms with Crippen LogP contribution < -0.4 is 14.8 Å². The van der Waals surface area contributed by atoms with E-state index in [1.807, 2.05) is 18.2 Å². The molecular formula is C20H22N4O4. The molecule has 1 fully saturated rings. The van der Waals surface area contributed by atoms with Gasteiger partial charge >= 0.3 is 0 Å². The zero-order valence-corrected chi connectivity index (χ0v) is 15.5. The Bertz CT molecular complexity index is 851. The Kier molecular flexibility index (Phi) is 5.38. The van der Waals surface area contributed by atoms with E-state index in [1.54, 1.807) is 23.2 Å². The van der Waals surface area contributed by atoms with Gasteiger partial charge in [0.25, 0.3) is 5.91 Å². The van der Waals surface area contributed by atoms with Gasteiger partial charge in [-0.05, 0) is 29.8 Å². The summed E-state index contributed by atoms with van der Waals surface area (Å²) in [5.74, 6) is 1.21. The molecule has 1 aromatic heterocycles. The summed E-state index contributed by atoms with van der Waals surface area (Å²) in [4.78, 5) is 32.4. The first kappa shape index (κ1) is 18.2. The van der Waals surface area contributed by atoms with E-state index >= 15 is 0 Å². The quantitative estimate of drug-likeness (QED) is 0.827. The van der Waals surface area contributed by atoms with Gasteiger partial charge in [-0.15, -0.1) is 0 Å². The van der Waals surface area contributed by atoms with E-state index in [-0.39, 0.29) is 25.2 Å². The Labute approximate surface area is 163 Å². The molecule has 0 atom stereocenters. The maximum atomic E-state index is 12.4. The summed E-state index contributed by atoms with van der Waals surface area (Å²) >= 11 is 0. The zero-order chi connectivity index (χ0) is 19.3. The van der Waals surface area contributed by atoms with Crippen LogP contribution in [-0.4, -0.2) is 66.1 Å². The standard InChI is InChI=1S/C20H22N4O4/c25-19(12-22-20(26)16-2-1-5-21-11-16)24-8-6-23(7-9-24)13-15-3-4-17-18(10-15)28-14-27-17/h1-5,10-11H,6-9,12-14H2,(H,22,26). The topological polar surface area (TPSA) is 84.0 Å². The summed E-state index contributed by atoms with van der Waals surface area (Å²) in [7, 11) is 0. The van der Waals surface area contributed by atoms with Crippen molar-refractivity contribution >= 4 is 11.8 Å². The van der Waals surface area contributed by atoms with Crippen LogP contribution in [0.4, 0.5) is 0 Å². The fraction of sp³-hybridized carbons (Fsp3) is 0.350. The number of pyridine rings is 1. The summed E-state index contributed by atoms with van der Waals surface area (Å²) in [6, 6.07) is 9.34. The lowest BCUT2D eigenvalue weighted by Crippen LogP contribution is -2.50. The van der Waals surface area contributed by atoms with Crippen molar-refractivity contribution in [3.05, 3.63) is 53.9 Å². The Morgan fingerprint density at radius 1 is 1.07 bits per heavy atom. The monoisotopic (exact) mass is 382 g/mol. The van der Waals surface area contributed by atoms with Crippen LogP contribution in [0.3, 0.4) is 0 Å². The van der Waals surface area contributed by atoms with Gasteiger partial charge in [0.05, 0.1) is 12.1 Å². The molecule has 8 heteroatoms. The molecule has 0 spiro atoms. The number of ether oxygens (including phenoxy) is 2. The number of hydrogen-bond acceptors (Lipinski definition) is 6. The van der Waals surface area contributed by atoms with Crippen molar-refractivity contribution in [1.29, 1.82) is 0 Å². The fourth-order valence-electron chi connectivity index (χ4n) is 3.32. The number of fused-ring (bicyclic) bond motifs is 1. The van der Waals surface area contributed by atoms with E-state index in [0.29, 0.717) is 18.7 Å². The number of amides is 2. The van der Waals surface area contributed by atoms with E-state index < -0.39 is 0 Å². The first-order chi connectivity index (χ1) is 13.7. The van der Waals surface area contributed by atoms with Crippen LogP contribution in [-0.2, 0) is 11.3 Å². The molecule has 0 saturated carbocycles. The predicted octanol–water partition coefficient (Wildman–Crippen LogP) is 0.885. The van der Waals surface area contributed by atoms with Crippen LogP contribution in [0.2, 0.25) is 0 Å². The number of carbonyl (C=O) groups is 2. The van der Waals surface area contributed by atoms with Gasteiger partial charge in [-0.3, -0.25) is 19.5 Å². The summed E-state index contributed by atoms with van der Waals surface area (Å²) in [6.07, 6.45) is 3.08. The summed E-state index contributed by atoms with van der Waals surface area (Å²) < 4.78 is 10.8. The molecule has 4 rings (SSSR count). The van der Waals surface area contributed by atoms with E-state index in [4.69, 9.17) is 9.47 Å². The third kappa shape index (κ3) is 4.23. The largest absolute Gasteiger partial charge is 0.454 e. The normalized spacial score (nSPS) is 16.1. The SMILES string of the molecule is O=C(NCC(=O)N1CCN(Cc2ccc3c(c2)OCO3)CC1)c1cccnc1. The highest BCUT2D eigenvalue weighted by Gasteiger charge is 2.22. The molecular weight excluding hydrogens is 360 g/mol. The van der Waals surface area contributed by atoms with Crippen molar-refractivity contribution in [3.63, 3.8) is 0 Å². The molecule has 1 saturated heterocycles. The van der Waals surface area contributed by atoms with E-state index in [2.05, 4.69) is 15.2 Å².